The van der Waals surface area contributed by atoms with E-state index in [0.717, 1.165) is 0 Å². The van der Waals surface area contributed by atoms with E-state index in [1.807, 2.05) is 10.6 Å². The van der Waals surface area contributed by atoms with Crippen molar-refractivity contribution < 1.29 is 53.7 Å². The molecule has 5 amide bonds. The Hall–Kier alpha value is -4.28. The van der Waals surface area contributed by atoms with Crippen molar-refractivity contribution in [1.82, 2.24) is 16.0 Å². The van der Waals surface area contributed by atoms with Crippen LogP contribution < -0.4 is 33.2 Å². The van der Waals surface area contributed by atoms with E-state index < -0.39 is 110 Å². The van der Waals surface area contributed by atoms with Crippen molar-refractivity contribution in [3.63, 3.8) is 0 Å². The number of nitrogens with one attached hydrogen (secondary N) is 3. The Morgan fingerprint density at radius 1 is 0.600 bits per heavy atom. The molecule has 0 aliphatic heterocycles. The van der Waals surface area contributed by atoms with E-state index >= 15 is 0 Å². The molecule has 0 radical (unpaired) electrons. The number of hydrogen-bond acceptors (Lipinski definition) is 9. The third-order valence-electron chi connectivity index (χ3n) is 4.34. The van der Waals surface area contributed by atoms with Crippen molar-refractivity contribution >= 4 is 47.4 Å². The molecule has 4 unspecified atom stereocenters. The first-order valence-electron chi connectivity index (χ1n) is 10.0. The summed E-state index contributed by atoms with van der Waals surface area (Å²) in [6, 6.07) is -6.57. The molecule has 0 fully saturated rings. The average molecular weight is 504 g/mol. The number of carbonyl (C=O) groups is 8. The maximum Gasteiger partial charge on any atom is 0.326 e. The van der Waals surface area contributed by atoms with Gasteiger partial charge in [-0.05, 0) is 12.8 Å². The molecule has 0 aromatic rings. The maximum atomic E-state index is 12.7. The van der Waals surface area contributed by atoms with E-state index in [1.54, 1.807) is 0 Å². The van der Waals surface area contributed by atoms with Crippen LogP contribution >= 0.6 is 0 Å². The molecular weight excluding hydrogens is 476 g/mol. The first kappa shape index (κ1) is 30.7. The third-order valence-corrected chi connectivity index (χ3v) is 4.34. The summed E-state index contributed by atoms with van der Waals surface area (Å²) in [5, 5.41) is 33.0. The lowest BCUT2D eigenvalue weighted by Gasteiger charge is -2.24. The van der Waals surface area contributed by atoms with Crippen molar-refractivity contribution in [2.75, 3.05) is 0 Å². The standard InChI is InChI=1S/C18H28N6O11/c19-7(5-12(21)26)15(31)22-8(1-3-11(20)25)16(32)24-10(6-14(29)30)17(33)23-9(18(34)35)2-4-13(27)28/h7-10H,1-6,19H2,(H2,20,25)(H2,21,26)(H,22,31)(H,23,33)(H,24,32)(H,27,28)(H,29,30)(H,34,35). The second-order valence-corrected chi connectivity index (χ2v) is 7.33. The van der Waals surface area contributed by atoms with Gasteiger partial charge in [0.05, 0.1) is 18.9 Å². The number of carboxylic acids is 3. The van der Waals surface area contributed by atoms with Crippen molar-refractivity contribution in [3.8, 4) is 0 Å². The van der Waals surface area contributed by atoms with Gasteiger partial charge < -0.3 is 48.5 Å². The van der Waals surface area contributed by atoms with Crippen LogP contribution in [0.15, 0.2) is 0 Å². The summed E-state index contributed by atoms with van der Waals surface area (Å²) in [6.07, 6.45) is -3.56. The van der Waals surface area contributed by atoms with Crippen LogP contribution in [0.2, 0.25) is 0 Å². The summed E-state index contributed by atoms with van der Waals surface area (Å²) < 4.78 is 0. The summed E-state index contributed by atoms with van der Waals surface area (Å²) in [5.74, 6) is -9.72. The second-order valence-electron chi connectivity index (χ2n) is 7.33. The predicted octanol–water partition coefficient (Wildman–Crippen LogP) is -4.67. The van der Waals surface area contributed by atoms with Gasteiger partial charge in [0, 0.05) is 12.8 Å². The summed E-state index contributed by atoms with van der Waals surface area (Å²) in [4.78, 5) is 92.5. The van der Waals surface area contributed by atoms with Gasteiger partial charge in [-0.15, -0.1) is 0 Å². The van der Waals surface area contributed by atoms with Gasteiger partial charge in [0.2, 0.25) is 29.5 Å². The van der Waals surface area contributed by atoms with E-state index in [4.69, 9.17) is 32.5 Å². The van der Waals surface area contributed by atoms with Gasteiger partial charge in [-0.25, -0.2) is 4.79 Å². The lowest BCUT2D eigenvalue weighted by molar-refractivity contribution is -0.144. The molecule has 0 saturated carbocycles. The lowest BCUT2D eigenvalue weighted by atomic mass is 10.1. The monoisotopic (exact) mass is 504 g/mol. The SMILES string of the molecule is NC(=O)CCC(NC(=O)C(N)CC(N)=O)C(=O)NC(CC(=O)O)C(=O)NC(CCC(=O)O)C(=O)O. The zero-order valence-corrected chi connectivity index (χ0v) is 18.4. The van der Waals surface area contributed by atoms with E-state index in [1.165, 1.54) is 0 Å². The third kappa shape index (κ3) is 13.1. The first-order chi connectivity index (χ1) is 16.1. The van der Waals surface area contributed by atoms with Crippen molar-refractivity contribution in [1.29, 1.82) is 0 Å². The minimum Gasteiger partial charge on any atom is -0.481 e. The van der Waals surface area contributed by atoms with Crippen LogP contribution in [0.1, 0.15) is 38.5 Å². The average Bonchev–Trinajstić information content (AvgIpc) is 2.71. The Balaban J connectivity index is 5.60. The molecule has 0 spiro atoms. The molecule has 17 heteroatoms. The van der Waals surface area contributed by atoms with Crippen LogP contribution in [-0.2, 0) is 38.4 Å². The van der Waals surface area contributed by atoms with Crippen LogP contribution in [0.5, 0.6) is 0 Å². The van der Waals surface area contributed by atoms with Gasteiger partial charge in [-0.2, -0.15) is 0 Å². The highest BCUT2D eigenvalue weighted by Gasteiger charge is 2.32. The number of hydrogen-bond donors (Lipinski definition) is 9. The molecule has 0 rings (SSSR count). The van der Waals surface area contributed by atoms with E-state index in [-0.39, 0.29) is 0 Å². The van der Waals surface area contributed by atoms with Crippen LogP contribution in [0.4, 0.5) is 0 Å². The summed E-state index contributed by atoms with van der Waals surface area (Å²) in [7, 11) is 0. The second kappa shape index (κ2) is 14.8. The highest BCUT2D eigenvalue weighted by molar-refractivity contribution is 5.96. The normalized spacial score (nSPS) is 13.9. The Morgan fingerprint density at radius 2 is 1.09 bits per heavy atom. The Morgan fingerprint density at radius 3 is 1.54 bits per heavy atom. The van der Waals surface area contributed by atoms with Gasteiger partial charge in [-0.3, -0.25) is 33.6 Å². The smallest absolute Gasteiger partial charge is 0.326 e. The minimum absolute atomic E-state index is 0.395. The zero-order chi connectivity index (χ0) is 27.3. The summed E-state index contributed by atoms with van der Waals surface area (Å²) in [6.45, 7) is 0. The molecule has 0 aromatic heterocycles. The Bertz CT molecular complexity index is 862. The minimum atomic E-state index is -1.85. The number of rotatable bonds is 17. The predicted molar refractivity (Wildman–Crippen MR) is 113 cm³/mol. The molecule has 0 aromatic carbocycles. The largest absolute Gasteiger partial charge is 0.481 e. The van der Waals surface area contributed by atoms with Crippen molar-refractivity contribution in [2.24, 2.45) is 17.2 Å². The number of carboxylic acid groups (broad SMARTS) is 3. The van der Waals surface area contributed by atoms with Gasteiger partial charge in [-0.1, -0.05) is 0 Å². The van der Waals surface area contributed by atoms with Crippen molar-refractivity contribution in [3.05, 3.63) is 0 Å². The van der Waals surface area contributed by atoms with E-state index in [0.29, 0.717) is 0 Å². The molecule has 17 nitrogen and oxygen atoms in total. The fraction of sp³-hybridized carbons (Fsp3) is 0.556. The lowest BCUT2D eigenvalue weighted by Crippen LogP contribution is -2.57. The highest BCUT2D eigenvalue weighted by Crippen LogP contribution is 2.04. The maximum absolute atomic E-state index is 12.7. The van der Waals surface area contributed by atoms with Gasteiger partial charge in [0.15, 0.2) is 0 Å². The number of amides is 5. The van der Waals surface area contributed by atoms with Crippen LogP contribution in [0, 0.1) is 0 Å². The molecule has 35 heavy (non-hydrogen) atoms. The zero-order valence-electron chi connectivity index (χ0n) is 18.4. The molecule has 12 N–H and O–H groups in total. The number of nitrogens with two attached hydrogens (primary N) is 3. The molecule has 0 aliphatic rings. The molecule has 0 saturated heterocycles. The van der Waals surface area contributed by atoms with Gasteiger partial charge in [0.25, 0.3) is 0 Å². The quantitative estimate of drug-likeness (QED) is 0.0902. The number of aliphatic carboxylic acids is 3. The molecule has 0 heterocycles. The Labute approximate surface area is 197 Å². The van der Waals surface area contributed by atoms with Gasteiger partial charge >= 0.3 is 17.9 Å². The van der Waals surface area contributed by atoms with E-state index in [2.05, 4.69) is 5.32 Å². The first-order valence-corrected chi connectivity index (χ1v) is 10.0. The molecule has 4 atom stereocenters. The van der Waals surface area contributed by atoms with E-state index in [9.17, 15) is 38.4 Å². The topological polar surface area (TPSA) is 311 Å². The number of carbonyl (C=O) groups excluding carboxylic acids is 5. The summed E-state index contributed by atoms with van der Waals surface area (Å²) >= 11 is 0. The van der Waals surface area contributed by atoms with Crippen LogP contribution in [0.25, 0.3) is 0 Å². The molecule has 196 valence electrons. The molecule has 0 aliphatic carbocycles. The fourth-order valence-electron chi connectivity index (χ4n) is 2.60. The van der Waals surface area contributed by atoms with Gasteiger partial charge in [0.1, 0.15) is 18.1 Å². The molecule has 0 bridgehead atoms. The Kier molecular flexibility index (Phi) is 13.0. The molecular formula is C18H28N6O11. The number of primary amides is 2. The highest BCUT2D eigenvalue weighted by atomic mass is 16.4. The fourth-order valence-corrected chi connectivity index (χ4v) is 2.60. The summed E-state index contributed by atoms with van der Waals surface area (Å²) in [5.41, 5.74) is 15.5. The van der Waals surface area contributed by atoms with Crippen LogP contribution in [-0.4, -0.2) is 86.9 Å². The van der Waals surface area contributed by atoms with Crippen LogP contribution in [0.3, 0.4) is 0 Å². The van der Waals surface area contributed by atoms with Crippen molar-refractivity contribution in [2.45, 2.75) is 62.7 Å².